The van der Waals surface area contributed by atoms with Gasteiger partial charge in [0.1, 0.15) is 0 Å². The lowest BCUT2D eigenvalue weighted by atomic mass is 10.4. The molecule has 0 radical (unpaired) electrons. The van der Waals surface area contributed by atoms with Crippen LogP contribution in [0.2, 0.25) is 5.02 Å². The molecule has 0 heterocycles. The number of rotatable bonds is 2. The quantitative estimate of drug-likeness (QED) is 0.857. The average molecular weight is 285 g/mol. The van der Waals surface area contributed by atoms with Crippen LogP contribution in [-0.4, -0.2) is 8.42 Å². The van der Waals surface area contributed by atoms with Gasteiger partial charge in [0.15, 0.2) is 0 Å². The van der Waals surface area contributed by atoms with Crippen molar-refractivity contribution in [2.24, 2.45) is 0 Å². The van der Waals surface area contributed by atoms with Gasteiger partial charge < -0.3 is 0 Å². The van der Waals surface area contributed by atoms with Crippen LogP contribution in [0.4, 0.5) is 0 Å². The monoisotopic (exact) mass is 284 g/mol. The predicted octanol–water partition coefficient (Wildman–Crippen LogP) is 3.46. The van der Waals surface area contributed by atoms with Gasteiger partial charge in [0, 0.05) is 9.92 Å². The van der Waals surface area contributed by atoms with Crippen LogP contribution in [0.5, 0.6) is 0 Å². The summed E-state index contributed by atoms with van der Waals surface area (Å²) in [5.41, 5.74) is 0. The van der Waals surface area contributed by atoms with Crippen LogP contribution in [0.25, 0.3) is 0 Å². The zero-order valence-corrected chi connectivity index (χ0v) is 11.1. The minimum absolute atomic E-state index is 0.230. The van der Waals surface area contributed by atoms with Gasteiger partial charge in [-0.25, -0.2) is 8.42 Å². The number of halogens is 1. The largest absolute Gasteiger partial charge is 0.219 e. The third-order valence-corrected chi connectivity index (χ3v) is 4.61. The predicted molar refractivity (Wildman–Crippen MR) is 70.6 cm³/mol. The van der Waals surface area contributed by atoms with Crippen LogP contribution in [0, 0.1) is 0 Å². The van der Waals surface area contributed by atoms with Gasteiger partial charge in [-0.2, -0.15) is 0 Å². The molecule has 88 valence electrons. The lowest BCUT2D eigenvalue weighted by Gasteiger charge is -2.04. The topological polar surface area (TPSA) is 34.1 Å². The molecule has 2 rings (SSSR count). The highest BCUT2D eigenvalue weighted by atomic mass is 35.5. The van der Waals surface area contributed by atoms with E-state index in [9.17, 15) is 8.42 Å². The molecule has 0 aliphatic heterocycles. The van der Waals surface area contributed by atoms with E-state index in [0.717, 1.165) is 4.90 Å². The highest BCUT2D eigenvalue weighted by Gasteiger charge is 2.16. The van der Waals surface area contributed by atoms with E-state index in [2.05, 4.69) is 12.6 Å². The highest BCUT2D eigenvalue weighted by molar-refractivity contribution is 7.91. The summed E-state index contributed by atoms with van der Waals surface area (Å²) in [6.07, 6.45) is 0. The van der Waals surface area contributed by atoms with Crippen LogP contribution in [-0.2, 0) is 9.84 Å². The Kier molecular flexibility index (Phi) is 3.47. The van der Waals surface area contributed by atoms with Crippen LogP contribution < -0.4 is 0 Å². The van der Waals surface area contributed by atoms with Gasteiger partial charge in [-0.3, -0.25) is 0 Å². The number of hydrogen-bond acceptors (Lipinski definition) is 3. The van der Waals surface area contributed by atoms with E-state index in [1.54, 1.807) is 24.3 Å². The molecule has 0 amide bonds. The Hall–Kier alpha value is -0.970. The van der Waals surface area contributed by atoms with Gasteiger partial charge in [0.25, 0.3) is 0 Å². The van der Waals surface area contributed by atoms with E-state index in [1.165, 1.54) is 24.3 Å². The van der Waals surface area contributed by atoms with Crippen molar-refractivity contribution in [2.75, 3.05) is 0 Å². The van der Waals surface area contributed by atoms with Gasteiger partial charge in [-0.15, -0.1) is 12.6 Å². The molecule has 0 aromatic heterocycles. The average Bonchev–Trinajstić information content (AvgIpc) is 2.30. The summed E-state index contributed by atoms with van der Waals surface area (Å²) in [6.45, 7) is 0. The lowest BCUT2D eigenvalue weighted by molar-refractivity contribution is 0.596. The van der Waals surface area contributed by atoms with Crippen molar-refractivity contribution in [3.05, 3.63) is 53.6 Å². The summed E-state index contributed by atoms with van der Waals surface area (Å²) in [7, 11) is -3.47. The molecule has 0 N–H and O–H groups in total. The fraction of sp³-hybridized carbons (Fsp3) is 0. The molecule has 0 aliphatic rings. The molecule has 0 saturated heterocycles. The molecular weight excluding hydrogens is 276 g/mol. The van der Waals surface area contributed by atoms with Crippen molar-refractivity contribution >= 4 is 34.1 Å². The van der Waals surface area contributed by atoms with Crippen LogP contribution in [0.3, 0.4) is 0 Å². The molecule has 0 aliphatic carbocycles. The molecule has 0 saturated carbocycles. The molecule has 2 aromatic carbocycles. The minimum Gasteiger partial charge on any atom is -0.219 e. The Morgan fingerprint density at radius 3 is 1.71 bits per heavy atom. The Balaban J connectivity index is 2.50. The molecule has 0 atom stereocenters. The van der Waals surface area contributed by atoms with Crippen LogP contribution in [0.1, 0.15) is 0 Å². The first-order valence-corrected chi connectivity index (χ1v) is 7.11. The summed E-state index contributed by atoms with van der Waals surface area (Å²) in [5.74, 6) is 0. The zero-order valence-electron chi connectivity index (χ0n) is 8.67. The highest BCUT2D eigenvalue weighted by Crippen LogP contribution is 2.23. The van der Waals surface area contributed by atoms with E-state index in [4.69, 9.17) is 11.6 Å². The first kappa shape index (κ1) is 12.5. The fourth-order valence-corrected chi connectivity index (χ4v) is 2.91. The second kappa shape index (κ2) is 4.72. The van der Waals surface area contributed by atoms with E-state index in [1.807, 2.05) is 0 Å². The Morgan fingerprint density at radius 2 is 1.24 bits per heavy atom. The number of sulfone groups is 1. The lowest BCUT2D eigenvalue weighted by Crippen LogP contribution is -2.01. The molecule has 0 spiro atoms. The van der Waals surface area contributed by atoms with Crippen molar-refractivity contribution in [3.63, 3.8) is 0 Å². The first-order valence-electron chi connectivity index (χ1n) is 4.80. The number of benzene rings is 2. The maximum absolute atomic E-state index is 12.2. The Labute approximate surface area is 111 Å². The SMILES string of the molecule is O=S(=O)(c1ccc(S)cc1)c1ccc(Cl)cc1. The van der Waals surface area contributed by atoms with E-state index >= 15 is 0 Å². The van der Waals surface area contributed by atoms with Crippen molar-refractivity contribution in [1.82, 2.24) is 0 Å². The van der Waals surface area contributed by atoms with Gasteiger partial charge in [0.2, 0.25) is 9.84 Å². The molecule has 0 fully saturated rings. The van der Waals surface area contributed by atoms with Crippen LogP contribution >= 0.6 is 24.2 Å². The third kappa shape index (κ3) is 2.65. The summed E-state index contributed by atoms with van der Waals surface area (Å²) in [4.78, 5) is 1.20. The smallest absolute Gasteiger partial charge is 0.206 e. The van der Waals surface area contributed by atoms with E-state index in [0.29, 0.717) is 5.02 Å². The van der Waals surface area contributed by atoms with E-state index in [-0.39, 0.29) is 9.79 Å². The molecule has 17 heavy (non-hydrogen) atoms. The third-order valence-electron chi connectivity index (χ3n) is 2.27. The second-order valence-electron chi connectivity index (χ2n) is 3.45. The summed E-state index contributed by atoms with van der Waals surface area (Å²) in [5, 5.41) is 0.509. The maximum Gasteiger partial charge on any atom is 0.206 e. The van der Waals surface area contributed by atoms with Crippen molar-refractivity contribution in [3.8, 4) is 0 Å². The van der Waals surface area contributed by atoms with Crippen molar-refractivity contribution in [2.45, 2.75) is 14.7 Å². The number of hydrogen-bond donors (Lipinski definition) is 1. The zero-order chi connectivity index (χ0) is 12.5. The van der Waals surface area contributed by atoms with Gasteiger partial charge in [-0.05, 0) is 48.5 Å². The standard InChI is InChI=1S/C12H9ClO2S2/c13-9-1-5-11(6-2-9)17(14,15)12-7-3-10(16)4-8-12/h1-8,16H. The fourth-order valence-electron chi connectivity index (χ4n) is 1.38. The molecule has 5 heteroatoms. The van der Waals surface area contributed by atoms with Gasteiger partial charge >= 0.3 is 0 Å². The Bertz CT molecular complexity index is 565. The molecule has 2 aromatic rings. The maximum atomic E-state index is 12.2. The summed E-state index contributed by atoms with van der Waals surface area (Å²) >= 11 is 9.84. The van der Waals surface area contributed by atoms with Crippen molar-refractivity contribution in [1.29, 1.82) is 0 Å². The molecule has 0 unspecified atom stereocenters. The number of thiol groups is 1. The molecule has 0 bridgehead atoms. The normalized spacial score (nSPS) is 11.4. The molecular formula is C12H9ClO2S2. The summed E-state index contributed by atoms with van der Waals surface area (Å²) in [6, 6.07) is 12.5. The Morgan fingerprint density at radius 1 is 0.824 bits per heavy atom. The van der Waals surface area contributed by atoms with Crippen molar-refractivity contribution < 1.29 is 8.42 Å². The first-order chi connectivity index (χ1) is 8.00. The van der Waals surface area contributed by atoms with Gasteiger partial charge in [-0.1, -0.05) is 11.6 Å². The summed E-state index contributed by atoms with van der Waals surface area (Å²) < 4.78 is 24.4. The second-order valence-corrected chi connectivity index (χ2v) is 6.35. The van der Waals surface area contributed by atoms with Gasteiger partial charge in [0.05, 0.1) is 9.79 Å². The molecule has 2 nitrogen and oxygen atoms in total. The minimum atomic E-state index is -3.47. The van der Waals surface area contributed by atoms with E-state index < -0.39 is 9.84 Å². The van der Waals surface area contributed by atoms with Crippen LogP contribution in [0.15, 0.2) is 63.2 Å².